The van der Waals surface area contributed by atoms with Gasteiger partial charge in [-0.1, -0.05) is 0 Å². The molecule has 0 spiro atoms. The Kier molecular flexibility index (Phi) is 3.28. The maximum atomic E-state index is 11.7. The molecule has 0 aromatic carbocycles. The molecule has 2 rings (SSSR count). The molecule has 6 nitrogen and oxygen atoms in total. The summed E-state index contributed by atoms with van der Waals surface area (Å²) in [5.74, 6) is -0.295. The molecular formula is C10H14N4O2S. The van der Waals surface area contributed by atoms with E-state index in [1.807, 2.05) is 4.90 Å². The van der Waals surface area contributed by atoms with E-state index in [0.717, 1.165) is 11.4 Å². The zero-order valence-electron chi connectivity index (χ0n) is 9.69. The summed E-state index contributed by atoms with van der Waals surface area (Å²) in [6, 6.07) is -0.407. The van der Waals surface area contributed by atoms with Crippen LogP contribution in [0.4, 0.5) is 0 Å². The third-order valence-corrected chi connectivity index (χ3v) is 3.29. The van der Waals surface area contributed by atoms with Crippen LogP contribution in [0.2, 0.25) is 0 Å². The topological polar surface area (TPSA) is 70.2 Å². The van der Waals surface area contributed by atoms with Gasteiger partial charge in [-0.3, -0.25) is 0 Å². The Balaban J connectivity index is 2.29. The van der Waals surface area contributed by atoms with Crippen molar-refractivity contribution in [1.82, 2.24) is 20.2 Å². The zero-order valence-corrected chi connectivity index (χ0v) is 10.5. The molecule has 0 saturated heterocycles. The predicted octanol–water partition coefficient (Wildman–Crippen LogP) is -0.186. The second kappa shape index (κ2) is 4.70. The molecule has 1 unspecified atom stereocenters. The summed E-state index contributed by atoms with van der Waals surface area (Å²) in [5.41, 5.74) is 1.89. The summed E-state index contributed by atoms with van der Waals surface area (Å²) in [6.07, 6.45) is 2.14. The van der Waals surface area contributed by atoms with Gasteiger partial charge in [-0.2, -0.15) is 0 Å². The van der Waals surface area contributed by atoms with Gasteiger partial charge in [0.25, 0.3) is 0 Å². The summed E-state index contributed by atoms with van der Waals surface area (Å²) in [6.45, 7) is 0.536. The summed E-state index contributed by atoms with van der Waals surface area (Å²) in [7, 11) is 3.11. The van der Waals surface area contributed by atoms with Crippen molar-refractivity contribution in [2.45, 2.75) is 19.0 Å². The fourth-order valence-electron chi connectivity index (χ4n) is 1.94. The molecule has 1 aromatic heterocycles. The molecule has 17 heavy (non-hydrogen) atoms. The van der Waals surface area contributed by atoms with Crippen LogP contribution in [-0.4, -0.2) is 46.1 Å². The van der Waals surface area contributed by atoms with Gasteiger partial charge in [0.15, 0.2) is 5.11 Å². The quantitative estimate of drug-likeness (QED) is 0.535. The van der Waals surface area contributed by atoms with Crippen molar-refractivity contribution in [3.63, 3.8) is 0 Å². The van der Waals surface area contributed by atoms with Gasteiger partial charge in [0.1, 0.15) is 6.04 Å². The highest BCUT2D eigenvalue weighted by atomic mass is 32.1. The van der Waals surface area contributed by atoms with Gasteiger partial charge in [-0.25, -0.2) is 9.78 Å². The number of fused-ring (bicyclic) bond motifs is 1. The first-order chi connectivity index (χ1) is 8.17. The van der Waals surface area contributed by atoms with Crippen molar-refractivity contribution in [2.75, 3.05) is 14.2 Å². The van der Waals surface area contributed by atoms with E-state index in [1.165, 1.54) is 7.11 Å². The zero-order chi connectivity index (χ0) is 12.4. The van der Waals surface area contributed by atoms with E-state index in [1.54, 1.807) is 13.4 Å². The lowest BCUT2D eigenvalue weighted by Crippen LogP contribution is -2.51. The number of hydrogen-bond acceptors (Lipinski definition) is 4. The SMILES string of the molecule is CNC(=S)N1Cc2[nH]cnc2CC1C(=O)OC. The van der Waals surface area contributed by atoms with Crippen LogP contribution >= 0.6 is 12.2 Å². The van der Waals surface area contributed by atoms with Crippen LogP contribution < -0.4 is 5.32 Å². The Hall–Kier alpha value is -1.63. The van der Waals surface area contributed by atoms with Gasteiger partial charge in [-0.05, 0) is 12.2 Å². The third-order valence-electron chi connectivity index (χ3n) is 2.85. The van der Waals surface area contributed by atoms with E-state index in [-0.39, 0.29) is 5.97 Å². The summed E-state index contributed by atoms with van der Waals surface area (Å²) >= 11 is 5.20. The van der Waals surface area contributed by atoms with Crippen LogP contribution in [0.5, 0.6) is 0 Å². The minimum absolute atomic E-state index is 0.295. The normalized spacial score (nSPS) is 18.5. The lowest BCUT2D eigenvalue weighted by molar-refractivity contribution is -0.145. The Morgan fingerprint density at radius 2 is 2.53 bits per heavy atom. The van der Waals surface area contributed by atoms with Crippen molar-refractivity contribution in [1.29, 1.82) is 0 Å². The average molecular weight is 254 g/mol. The van der Waals surface area contributed by atoms with Gasteiger partial charge in [0.05, 0.1) is 31.4 Å². The average Bonchev–Trinajstić information content (AvgIpc) is 2.82. The van der Waals surface area contributed by atoms with Crippen molar-refractivity contribution in [3.05, 3.63) is 17.7 Å². The van der Waals surface area contributed by atoms with E-state index in [4.69, 9.17) is 17.0 Å². The number of rotatable bonds is 1. The number of ether oxygens (including phenoxy) is 1. The Bertz CT molecular complexity index is 407. The third kappa shape index (κ3) is 2.10. The number of nitrogens with zero attached hydrogens (tertiary/aromatic N) is 2. The highest BCUT2D eigenvalue weighted by Gasteiger charge is 2.34. The number of H-pyrrole nitrogens is 1. The smallest absolute Gasteiger partial charge is 0.328 e. The van der Waals surface area contributed by atoms with Crippen molar-refractivity contribution < 1.29 is 9.53 Å². The first-order valence-electron chi connectivity index (χ1n) is 5.24. The van der Waals surface area contributed by atoms with Gasteiger partial charge in [0.2, 0.25) is 0 Å². The Morgan fingerprint density at radius 1 is 1.76 bits per heavy atom. The van der Waals surface area contributed by atoms with Crippen LogP contribution in [0.3, 0.4) is 0 Å². The van der Waals surface area contributed by atoms with Crippen LogP contribution in [-0.2, 0) is 22.5 Å². The lowest BCUT2D eigenvalue weighted by atomic mass is 10.0. The number of nitrogens with one attached hydrogen (secondary N) is 2. The van der Waals surface area contributed by atoms with Crippen molar-refractivity contribution in [3.8, 4) is 0 Å². The highest BCUT2D eigenvalue weighted by molar-refractivity contribution is 7.80. The Labute approximate surface area is 104 Å². The second-order valence-corrected chi connectivity index (χ2v) is 4.14. The summed E-state index contributed by atoms with van der Waals surface area (Å²) in [5, 5.41) is 3.41. The van der Waals surface area contributed by atoms with E-state index in [2.05, 4.69) is 15.3 Å². The molecule has 0 amide bonds. The number of aromatic nitrogens is 2. The summed E-state index contributed by atoms with van der Waals surface area (Å²) < 4.78 is 4.80. The molecule has 2 N–H and O–H groups in total. The standard InChI is InChI=1S/C10H14N4O2S/c1-11-10(17)14-4-7-6(12-5-13-7)3-8(14)9(15)16-2/h5,8H,3-4H2,1-2H3,(H,11,17)(H,12,13). The molecular weight excluding hydrogens is 240 g/mol. The maximum absolute atomic E-state index is 11.7. The Morgan fingerprint density at radius 3 is 3.18 bits per heavy atom. The van der Waals surface area contributed by atoms with Crippen LogP contribution in [0, 0.1) is 0 Å². The second-order valence-electron chi connectivity index (χ2n) is 3.75. The number of methoxy groups -OCH3 is 1. The molecule has 0 aliphatic carbocycles. The van der Waals surface area contributed by atoms with Crippen molar-refractivity contribution >= 4 is 23.3 Å². The molecule has 92 valence electrons. The largest absolute Gasteiger partial charge is 0.467 e. The molecule has 1 aliphatic heterocycles. The fraction of sp³-hybridized carbons (Fsp3) is 0.500. The molecule has 0 radical (unpaired) electrons. The monoisotopic (exact) mass is 254 g/mol. The number of aromatic amines is 1. The predicted molar refractivity (Wildman–Crippen MR) is 65.3 cm³/mol. The van der Waals surface area contributed by atoms with E-state index in [0.29, 0.717) is 18.1 Å². The van der Waals surface area contributed by atoms with E-state index in [9.17, 15) is 4.79 Å². The molecule has 1 aromatic rings. The van der Waals surface area contributed by atoms with Gasteiger partial charge >= 0.3 is 5.97 Å². The number of imidazole rings is 1. The first-order valence-corrected chi connectivity index (χ1v) is 5.65. The van der Waals surface area contributed by atoms with Crippen LogP contribution in [0.25, 0.3) is 0 Å². The number of hydrogen-bond donors (Lipinski definition) is 2. The number of thiocarbonyl (C=S) groups is 1. The van der Waals surface area contributed by atoms with E-state index < -0.39 is 6.04 Å². The highest BCUT2D eigenvalue weighted by Crippen LogP contribution is 2.21. The summed E-state index contributed by atoms with van der Waals surface area (Å²) in [4.78, 5) is 20.8. The number of esters is 1. The molecule has 1 atom stereocenters. The van der Waals surface area contributed by atoms with E-state index >= 15 is 0 Å². The van der Waals surface area contributed by atoms with Crippen LogP contribution in [0.1, 0.15) is 11.4 Å². The molecule has 2 heterocycles. The molecule has 0 fully saturated rings. The van der Waals surface area contributed by atoms with Crippen molar-refractivity contribution in [2.24, 2.45) is 0 Å². The number of carbonyl (C=O) groups excluding carboxylic acids is 1. The first kappa shape index (κ1) is 11.8. The number of carbonyl (C=O) groups is 1. The molecule has 0 saturated carbocycles. The minimum Gasteiger partial charge on any atom is -0.467 e. The van der Waals surface area contributed by atoms with Gasteiger partial charge in [0, 0.05) is 13.5 Å². The maximum Gasteiger partial charge on any atom is 0.328 e. The lowest BCUT2D eigenvalue weighted by Gasteiger charge is -2.34. The minimum atomic E-state index is -0.407. The fourth-order valence-corrected chi connectivity index (χ4v) is 2.13. The molecule has 7 heteroatoms. The molecule has 0 bridgehead atoms. The van der Waals surface area contributed by atoms with Crippen LogP contribution in [0.15, 0.2) is 6.33 Å². The molecule has 1 aliphatic rings. The van der Waals surface area contributed by atoms with Gasteiger partial charge < -0.3 is 19.9 Å². The van der Waals surface area contributed by atoms with Gasteiger partial charge in [-0.15, -0.1) is 0 Å².